The van der Waals surface area contributed by atoms with Gasteiger partial charge in [-0.2, -0.15) is 0 Å². The second kappa shape index (κ2) is 11.0. The zero-order chi connectivity index (χ0) is 22.1. The zero-order valence-corrected chi connectivity index (χ0v) is 17.5. The molecule has 0 saturated carbocycles. The molecule has 1 aliphatic rings. The van der Waals surface area contributed by atoms with E-state index in [0.717, 1.165) is 12.8 Å². The minimum atomic E-state index is -0.708. The van der Waals surface area contributed by atoms with E-state index in [1.807, 2.05) is 6.92 Å². The van der Waals surface area contributed by atoms with Gasteiger partial charge in [0.05, 0.1) is 12.9 Å². The Hall–Kier alpha value is -3.55. The number of rotatable bonds is 7. The van der Waals surface area contributed by atoms with E-state index >= 15 is 0 Å². The van der Waals surface area contributed by atoms with Gasteiger partial charge in [0, 0.05) is 31.4 Å². The molecule has 1 aromatic carbocycles. The van der Waals surface area contributed by atoms with Gasteiger partial charge in [0.2, 0.25) is 5.91 Å². The fourth-order valence-electron chi connectivity index (χ4n) is 3.31. The Bertz CT molecular complexity index is 898. The number of benzene rings is 1. The normalized spacial score (nSPS) is 14.4. The van der Waals surface area contributed by atoms with Crippen LogP contribution in [0.5, 0.6) is 5.75 Å². The number of likely N-dealkylation sites (tertiary alicyclic amines) is 1. The molecule has 31 heavy (non-hydrogen) atoms. The number of piperidine rings is 1. The van der Waals surface area contributed by atoms with Crippen LogP contribution in [0.3, 0.4) is 0 Å². The van der Waals surface area contributed by atoms with Crippen LogP contribution >= 0.6 is 0 Å². The average Bonchev–Trinajstić information content (AvgIpc) is 3.31. The lowest BCUT2D eigenvalue weighted by Crippen LogP contribution is -2.43. The third-order valence-electron chi connectivity index (χ3n) is 5.04. The Morgan fingerprint density at radius 1 is 1.13 bits per heavy atom. The Labute approximate surface area is 181 Å². The zero-order valence-electron chi connectivity index (χ0n) is 17.5. The van der Waals surface area contributed by atoms with Gasteiger partial charge in [-0.3, -0.25) is 14.4 Å². The molecule has 0 radical (unpaired) electrons. The molecule has 8 heteroatoms. The Kier molecular flexibility index (Phi) is 7.86. The number of carbonyl (C=O) groups is 3. The monoisotopic (exact) mass is 425 g/mol. The minimum Gasteiger partial charge on any atom is -0.494 e. The van der Waals surface area contributed by atoms with Gasteiger partial charge < -0.3 is 24.7 Å². The van der Waals surface area contributed by atoms with Crippen molar-refractivity contribution < 1.29 is 23.5 Å². The predicted molar refractivity (Wildman–Crippen MR) is 116 cm³/mol. The van der Waals surface area contributed by atoms with Crippen LogP contribution < -0.4 is 15.4 Å². The largest absolute Gasteiger partial charge is 0.494 e. The molecule has 1 aliphatic heterocycles. The summed E-state index contributed by atoms with van der Waals surface area (Å²) in [5, 5.41) is 5.26. The molecule has 2 N–H and O–H groups in total. The van der Waals surface area contributed by atoms with Crippen LogP contribution in [0.4, 0.5) is 5.69 Å². The van der Waals surface area contributed by atoms with Gasteiger partial charge in [-0.1, -0.05) is 0 Å². The number of nitrogens with zero attached hydrogens (tertiary/aromatic N) is 1. The second-order valence-corrected chi connectivity index (χ2v) is 7.24. The standard InChI is InChI=1S/C23H27N3O5/c1-2-30-20-7-5-18(6-8-20)25-23(29)22(28)24-16-17-11-13-26(14-12-17)21(27)10-9-19-4-3-15-31-19/h3-10,15,17H,2,11-14,16H2,1H3,(H,24,28)(H,25,29)/b10-9+. The van der Waals surface area contributed by atoms with Crippen LogP contribution in [-0.2, 0) is 14.4 Å². The highest BCUT2D eigenvalue weighted by molar-refractivity contribution is 6.39. The topological polar surface area (TPSA) is 101 Å². The lowest BCUT2D eigenvalue weighted by Gasteiger charge is -2.31. The van der Waals surface area contributed by atoms with Crippen LogP contribution in [0, 0.1) is 5.92 Å². The highest BCUT2D eigenvalue weighted by atomic mass is 16.5. The number of carbonyl (C=O) groups excluding carboxylic acids is 3. The predicted octanol–water partition coefficient (Wildman–Crippen LogP) is 2.69. The summed E-state index contributed by atoms with van der Waals surface area (Å²) in [6.45, 7) is 4.07. The molecule has 1 aromatic heterocycles. The first-order chi connectivity index (χ1) is 15.0. The number of hydrogen-bond donors (Lipinski definition) is 2. The van der Waals surface area contributed by atoms with Crippen molar-refractivity contribution in [3.63, 3.8) is 0 Å². The number of amides is 3. The highest BCUT2D eigenvalue weighted by Gasteiger charge is 2.23. The molecule has 0 unspecified atom stereocenters. The molecule has 2 heterocycles. The molecule has 0 bridgehead atoms. The lowest BCUT2D eigenvalue weighted by atomic mass is 9.96. The van der Waals surface area contributed by atoms with E-state index in [1.54, 1.807) is 53.6 Å². The van der Waals surface area contributed by atoms with Crippen LogP contribution in [0.2, 0.25) is 0 Å². The molecule has 8 nitrogen and oxygen atoms in total. The van der Waals surface area contributed by atoms with E-state index in [4.69, 9.17) is 9.15 Å². The van der Waals surface area contributed by atoms with Crippen molar-refractivity contribution >= 4 is 29.5 Å². The molecule has 0 aliphatic carbocycles. The quantitative estimate of drug-likeness (QED) is 0.525. The number of nitrogens with one attached hydrogen (secondary N) is 2. The van der Waals surface area contributed by atoms with Crippen molar-refractivity contribution in [2.24, 2.45) is 5.92 Å². The van der Waals surface area contributed by atoms with E-state index in [2.05, 4.69) is 10.6 Å². The van der Waals surface area contributed by atoms with Crippen molar-refractivity contribution in [3.8, 4) is 5.75 Å². The van der Waals surface area contributed by atoms with Crippen molar-refractivity contribution in [2.45, 2.75) is 19.8 Å². The van der Waals surface area contributed by atoms with Crippen molar-refractivity contribution in [1.29, 1.82) is 0 Å². The van der Waals surface area contributed by atoms with Crippen molar-refractivity contribution in [3.05, 3.63) is 54.5 Å². The van der Waals surface area contributed by atoms with E-state index in [1.165, 1.54) is 6.08 Å². The number of hydrogen-bond acceptors (Lipinski definition) is 5. The fraction of sp³-hybridized carbons (Fsp3) is 0.348. The van der Waals surface area contributed by atoms with E-state index in [0.29, 0.717) is 43.4 Å². The molecule has 0 atom stereocenters. The highest BCUT2D eigenvalue weighted by Crippen LogP contribution is 2.18. The van der Waals surface area contributed by atoms with Gasteiger partial charge in [0.25, 0.3) is 0 Å². The third kappa shape index (κ3) is 6.74. The summed E-state index contributed by atoms with van der Waals surface area (Å²) in [7, 11) is 0. The molecular weight excluding hydrogens is 398 g/mol. The first-order valence-corrected chi connectivity index (χ1v) is 10.4. The molecule has 164 valence electrons. The SMILES string of the molecule is CCOc1ccc(NC(=O)C(=O)NCC2CCN(C(=O)/C=C/c3ccco3)CC2)cc1. The molecular formula is C23H27N3O5. The summed E-state index contributed by atoms with van der Waals surface area (Å²) in [5.74, 6) is 0.114. The van der Waals surface area contributed by atoms with Crippen LogP contribution in [0.25, 0.3) is 6.08 Å². The van der Waals surface area contributed by atoms with E-state index in [-0.39, 0.29) is 11.8 Å². The summed E-state index contributed by atoms with van der Waals surface area (Å²) in [5.41, 5.74) is 0.526. The van der Waals surface area contributed by atoms with Crippen LogP contribution in [0.1, 0.15) is 25.5 Å². The Morgan fingerprint density at radius 2 is 1.87 bits per heavy atom. The third-order valence-corrected chi connectivity index (χ3v) is 5.04. The van der Waals surface area contributed by atoms with Crippen molar-refractivity contribution in [1.82, 2.24) is 10.2 Å². The average molecular weight is 425 g/mol. The lowest BCUT2D eigenvalue weighted by molar-refractivity contribution is -0.136. The molecule has 1 fully saturated rings. The van der Waals surface area contributed by atoms with Gasteiger partial charge in [-0.25, -0.2) is 0 Å². The summed E-state index contributed by atoms with van der Waals surface area (Å²) in [6, 6.07) is 10.4. The van der Waals surface area contributed by atoms with Gasteiger partial charge in [0.15, 0.2) is 0 Å². The van der Waals surface area contributed by atoms with Gasteiger partial charge in [-0.05, 0) is 68.2 Å². The fourth-order valence-corrected chi connectivity index (χ4v) is 3.31. The summed E-state index contributed by atoms with van der Waals surface area (Å²) >= 11 is 0. The Balaban J connectivity index is 1.37. The molecule has 2 aromatic rings. The maximum absolute atomic E-state index is 12.3. The Morgan fingerprint density at radius 3 is 2.52 bits per heavy atom. The van der Waals surface area contributed by atoms with E-state index in [9.17, 15) is 14.4 Å². The van der Waals surface area contributed by atoms with Gasteiger partial charge >= 0.3 is 11.8 Å². The van der Waals surface area contributed by atoms with Crippen LogP contribution in [-0.4, -0.2) is 48.9 Å². The maximum atomic E-state index is 12.3. The molecule has 1 saturated heterocycles. The summed E-state index contributed by atoms with van der Waals surface area (Å²) in [6.07, 6.45) is 6.24. The second-order valence-electron chi connectivity index (χ2n) is 7.24. The molecule has 0 spiro atoms. The maximum Gasteiger partial charge on any atom is 0.313 e. The van der Waals surface area contributed by atoms with E-state index < -0.39 is 11.8 Å². The van der Waals surface area contributed by atoms with Gasteiger partial charge in [-0.15, -0.1) is 0 Å². The summed E-state index contributed by atoms with van der Waals surface area (Å²) < 4.78 is 10.5. The number of ether oxygens (including phenoxy) is 1. The first-order valence-electron chi connectivity index (χ1n) is 10.4. The summed E-state index contributed by atoms with van der Waals surface area (Å²) in [4.78, 5) is 38.2. The van der Waals surface area contributed by atoms with Crippen LogP contribution in [0.15, 0.2) is 53.2 Å². The van der Waals surface area contributed by atoms with Crippen molar-refractivity contribution in [2.75, 3.05) is 31.6 Å². The number of furan rings is 1. The molecule has 3 rings (SSSR count). The van der Waals surface area contributed by atoms with Gasteiger partial charge in [0.1, 0.15) is 11.5 Å². The number of anilines is 1. The molecule has 3 amide bonds. The smallest absolute Gasteiger partial charge is 0.313 e. The first kappa shape index (κ1) is 22.1. The minimum absolute atomic E-state index is 0.0615.